The van der Waals surface area contributed by atoms with Crippen LogP contribution in [-0.4, -0.2) is 149 Å². The third kappa shape index (κ3) is 17.9. The summed E-state index contributed by atoms with van der Waals surface area (Å²) in [5, 5.41) is 30.7. The highest BCUT2D eigenvalue weighted by Crippen LogP contribution is 2.17. The van der Waals surface area contributed by atoms with Gasteiger partial charge < -0.3 is 63.8 Å². The van der Waals surface area contributed by atoms with E-state index in [1.54, 1.807) is 58.0 Å². The molecule has 22 nitrogen and oxygen atoms in total. The van der Waals surface area contributed by atoms with Gasteiger partial charge in [-0.1, -0.05) is 64.4 Å². The van der Waals surface area contributed by atoms with Crippen molar-refractivity contribution in [2.75, 3.05) is 27.2 Å². The molecule has 0 fully saturated rings. The number of rotatable bonds is 26. The van der Waals surface area contributed by atoms with Gasteiger partial charge in [0.05, 0.1) is 26.0 Å². The van der Waals surface area contributed by atoms with Crippen molar-refractivity contribution >= 4 is 59.1 Å². The molecule has 0 spiro atoms. The number of aliphatic hydroxyl groups excluding tert-OH is 1. The molecule has 13 N–H and O–H groups in total. The first-order chi connectivity index (χ1) is 28.4. The maximum absolute atomic E-state index is 13.9. The number of hydrogen-bond donors (Lipinski definition) is 10. The lowest BCUT2D eigenvalue weighted by Crippen LogP contribution is -2.60. The van der Waals surface area contributed by atoms with E-state index in [4.69, 9.17) is 17.2 Å². The molecule has 0 aliphatic heterocycles. The molecule has 0 aliphatic carbocycles. The summed E-state index contributed by atoms with van der Waals surface area (Å²) in [5.74, 6) is -10.0. The molecule has 0 saturated heterocycles. The van der Waals surface area contributed by atoms with Crippen molar-refractivity contribution in [1.29, 1.82) is 0 Å². The maximum Gasteiger partial charge on any atom is 0.326 e. The standard InChI is InChI=1S/C39H62N10O12/c1-8-21(4)32(36(57)47-28(39(60)61)14-20(2)3)49(7)37(58)22(5)43-31(53)18-48(6)38(59)27(15-23-12-10-9-11-13-23)46-35(56)26(17-30(42)52)45-34(55)25(16-29(41)51)44-33(54)24(40)19-50/h9-13,20-22,24-28,32,50H,8,14-19,40H2,1-7H3,(H2,41,51)(H2,42,52)(H,43,53)(H,44,54)(H,45,55)(H,46,56)(H,47,57)(H,60,61)/t21-,22-,24-,25-,26-,27-,28-,32-/m0/s1. The average Bonchev–Trinajstić information content (AvgIpc) is 3.18. The number of nitrogens with two attached hydrogens (primary N) is 3. The molecule has 1 aromatic rings. The monoisotopic (exact) mass is 862 g/mol. The minimum atomic E-state index is -1.75. The van der Waals surface area contributed by atoms with Crippen molar-refractivity contribution < 1.29 is 58.2 Å². The van der Waals surface area contributed by atoms with E-state index in [9.17, 15) is 58.2 Å². The Morgan fingerprint density at radius 1 is 0.689 bits per heavy atom. The lowest BCUT2D eigenvalue weighted by atomic mass is 9.95. The molecule has 0 aromatic heterocycles. The molecule has 0 saturated carbocycles. The molecule has 9 amide bonds. The number of amides is 9. The Hall–Kier alpha value is -6.16. The van der Waals surface area contributed by atoms with Gasteiger partial charge in [-0.25, -0.2) is 4.79 Å². The predicted octanol–water partition coefficient (Wildman–Crippen LogP) is -3.79. The van der Waals surface area contributed by atoms with Crippen molar-refractivity contribution in [1.82, 2.24) is 36.4 Å². The van der Waals surface area contributed by atoms with E-state index >= 15 is 0 Å². The fraction of sp³-hybridized carbons (Fsp3) is 0.590. The summed E-state index contributed by atoms with van der Waals surface area (Å²) in [4.78, 5) is 131. The van der Waals surface area contributed by atoms with Gasteiger partial charge in [0.15, 0.2) is 0 Å². The molecular weight excluding hydrogens is 800 g/mol. The Labute approximate surface area is 354 Å². The summed E-state index contributed by atoms with van der Waals surface area (Å²) in [6, 6.07) is -1.48. The summed E-state index contributed by atoms with van der Waals surface area (Å²) in [6.07, 6.45) is -1.09. The van der Waals surface area contributed by atoms with Gasteiger partial charge in [-0.2, -0.15) is 0 Å². The van der Waals surface area contributed by atoms with Gasteiger partial charge in [-0.15, -0.1) is 0 Å². The van der Waals surface area contributed by atoms with Gasteiger partial charge in [0.25, 0.3) is 0 Å². The molecule has 0 bridgehead atoms. The number of nitrogens with zero attached hydrogens (tertiary/aromatic N) is 2. The van der Waals surface area contributed by atoms with Gasteiger partial charge in [-0.05, 0) is 30.7 Å². The van der Waals surface area contributed by atoms with E-state index in [1.807, 2.05) is 0 Å². The first-order valence-electron chi connectivity index (χ1n) is 19.7. The van der Waals surface area contributed by atoms with Crippen molar-refractivity contribution in [2.24, 2.45) is 29.0 Å². The van der Waals surface area contributed by atoms with Crippen molar-refractivity contribution in [2.45, 2.75) is 109 Å². The second-order valence-corrected chi connectivity index (χ2v) is 15.3. The van der Waals surface area contributed by atoms with Crippen LogP contribution in [0.2, 0.25) is 0 Å². The van der Waals surface area contributed by atoms with E-state index in [0.717, 1.165) is 9.80 Å². The molecule has 1 aromatic carbocycles. The minimum Gasteiger partial charge on any atom is -0.480 e. The summed E-state index contributed by atoms with van der Waals surface area (Å²) in [7, 11) is 2.61. The minimum absolute atomic E-state index is 0.0471. The molecule has 0 radical (unpaired) electrons. The van der Waals surface area contributed by atoms with Gasteiger partial charge in [0.2, 0.25) is 53.2 Å². The zero-order valence-corrected chi connectivity index (χ0v) is 35.6. The van der Waals surface area contributed by atoms with Crippen molar-refractivity contribution in [3.05, 3.63) is 35.9 Å². The summed E-state index contributed by atoms with van der Waals surface area (Å²) < 4.78 is 0. The molecule has 61 heavy (non-hydrogen) atoms. The second kappa shape index (κ2) is 25.5. The highest BCUT2D eigenvalue weighted by molar-refractivity contribution is 5.99. The lowest BCUT2D eigenvalue weighted by molar-refractivity contribution is -0.146. The number of benzene rings is 1. The molecule has 22 heteroatoms. The summed E-state index contributed by atoms with van der Waals surface area (Å²) >= 11 is 0. The number of carboxylic acid groups (broad SMARTS) is 1. The number of likely N-dealkylation sites (N-methyl/N-ethyl adjacent to an activating group) is 2. The summed E-state index contributed by atoms with van der Waals surface area (Å²) in [5.41, 5.74) is 16.6. The quantitative estimate of drug-likeness (QED) is 0.0428. The smallest absolute Gasteiger partial charge is 0.326 e. The van der Waals surface area contributed by atoms with Crippen LogP contribution in [0.25, 0.3) is 0 Å². The molecule has 1 rings (SSSR count). The third-order valence-electron chi connectivity index (χ3n) is 9.55. The van der Waals surface area contributed by atoms with E-state index in [2.05, 4.69) is 26.6 Å². The Bertz CT molecular complexity index is 1730. The van der Waals surface area contributed by atoms with Gasteiger partial charge in [-0.3, -0.25) is 43.2 Å². The van der Waals surface area contributed by atoms with Gasteiger partial charge in [0.1, 0.15) is 42.3 Å². The Balaban J connectivity index is 3.27. The van der Waals surface area contributed by atoms with Crippen LogP contribution in [0.15, 0.2) is 30.3 Å². The van der Waals surface area contributed by atoms with E-state index in [-0.39, 0.29) is 18.8 Å². The summed E-state index contributed by atoms with van der Waals surface area (Å²) in [6.45, 7) is 7.07. The number of aliphatic carboxylic acids is 1. The van der Waals surface area contributed by atoms with E-state index in [0.29, 0.717) is 12.0 Å². The Kier molecular flexibility index (Phi) is 22.1. The van der Waals surface area contributed by atoms with Crippen LogP contribution in [0.5, 0.6) is 0 Å². The number of primary amides is 2. The number of aliphatic hydroxyl groups is 1. The van der Waals surface area contributed by atoms with Crippen LogP contribution >= 0.6 is 0 Å². The van der Waals surface area contributed by atoms with Crippen LogP contribution in [0.1, 0.15) is 65.9 Å². The van der Waals surface area contributed by atoms with E-state index < -0.39 is 133 Å². The van der Waals surface area contributed by atoms with Crippen LogP contribution in [0, 0.1) is 11.8 Å². The number of nitrogens with one attached hydrogen (secondary N) is 5. The molecule has 340 valence electrons. The molecule has 0 aliphatic rings. The number of carboxylic acids is 1. The largest absolute Gasteiger partial charge is 0.480 e. The molecule has 0 heterocycles. The normalized spacial score (nSPS) is 14.9. The molecule has 0 unspecified atom stereocenters. The van der Waals surface area contributed by atoms with Crippen molar-refractivity contribution in [3.8, 4) is 0 Å². The van der Waals surface area contributed by atoms with Crippen LogP contribution in [0.4, 0.5) is 0 Å². The number of carbonyl (C=O) groups is 10. The second-order valence-electron chi connectivity index (χ2n) is 15.3. The zero-order valence-electron chi connectivity index (χ0n) is 35.6. The van der Waals surface area contributed by atoms with E-state index in [1.165, 1.54) is 21.0 Å². The van der Waals surface area contributed by atoms with Gasteiger partial charge >= 0.3 is 5.97 Å². The Morgan fingerprint density at radius 2 is 1.18 bits per heavy atom. The maximum atomic E-state index is 13.9. The Morgan fingerprint density at radius 3 is 1.64 bits per heavy atom. The fourth-order valence-corrected chi connectivity index (χ4v) is 6.12. The number of carbonyl (C=O) groups excluding carboxylic acids is 9. The van der Waals surface area contributed by atoms with Crippen molar-refractivity contribution in [3.63, 3.8) is 0 Å². The topological polar surface area (TPSA) is 356 Å². The van der Waals surface area contributed by atoms with Crippen LogP contribution < -0.4 is 43.8 Å². The first-order valence-corrected chi connectivity index (χ1v) is 19.7. The first kappa shape index (κ1) is 52.9. The predicted molar refractivity (Wildman–Crippen MR) is 219 cm³/mol. The molecular formula is C39H62N10O12. The molecule has 8 atom stereocenters. The van der Waals surface area contributed by atoms with Crippen LogP contribution in [0.3, 0.4) is 0 Å². The highest BCUT2D eigenvalue weighted by Gasteiger charge is 2.37. The van der Waals surface area contributed by atoms with Gasteiger partial charge in [0, 0.05) is 20.5 Å². The highest BCUT2D eigenvalue weighted by atomic mass is 16.4. The average molecular weight is 863 g/mol. The third-order valence-corrected chi connectivity index (χ3v) is 9.55. The fourth-order valence-electron chi connectivity index (χ4n) is 6.12. The SMILES string of the molecule is CC[C@H](C)[C@@H](C(=O)N[C@@H](CC(C)C)C(=O)O)N(C)C(=O)[C@H](C)NC(=O)CN(C)C(=O)[C@H](Cc1ccccc1)NC(=O)[C@H](CC(N)=O)NC(=O)[C@H](CC(N)=O)NC(=O)[C@@H](N)CO. The zero-order chi connectivity index (χ0) is 46.7. The van der Waals surface area contributed by atoms with Crippen LogP contribution in [-0.2, 0) is 54.4 Å². The lowest BCUT2D eigenvalue weighted by Gasteiger charge is -2.34. The number of hydrogen-bond acceptors (Lipinski definition) is 12.